The van der Waals surface area contributed by atoms with Gasteiger partial charge < -0.3 is 46.6 Å². The highest BCUT2D eigenvalue weighted by Crippen LogP contribution is 2.28. The number of anilines is 10. The van der Waals surface area contributed by atoms with Gasteiger partial charge in [0.15, 0.2) is 0 Å². The van der Waals surface area contributed by atoms with Crippen molar-refractivity contribution < 1.29 is 25.9 Å². The van der Waals surface area contributed by atoms with E-state index in [9.17, 15) is 25.9 Å². The topological polar surface area (TPSA) is 271 Å². The number of nitrogens with one attached hydrogen (secondary N) is 6. The third-order valence-electron chi connectivity index (χ3n) is 12.0. The molecule has 8 N–H and O–H groups in total. The number of aryl methyl sites for hydroxylation is 2. The molecule has 2 saturated heterocycles. The normalized spacial score (nSPS) is 15.8. The molecule has 4 aromatic carbocycles. The first-order chi connectivity index (χ1) is 34.4. The summed E-state index contributed by atoms with van der Waals surface area (Å²) in [5, 5.41) is 19.6. The molecule has 4 heterocycles. The fourth-order valence-corrected chi connectivity index (χ4v) is 9.24. The number of nitrogens with zero attached hydrogens (tertiary/aromatic N) is 10. The molecule has 24 heteroatoms. The SMILES string of the molecule is CNCC1CN(c2nc(Nc3cccc(S(=O)(=O)O)c3)nc(Nc3ccc(/C=C/c4ccc(Nc5nc(Nc6cccc(S(=O)(=O)O)c6)nc(N6CCN(CCN(C)C)CC6)n5)cc4C)c(C)c3)n2)CCN1. The summed E-state index contributed by atoms with van der Waals surface area (Å²) in [7, 11) is -2.83. The first kappa shape index (κ1) is 51.5. The predicted octanol–water partition coefficient (Wildman–Crippen LogP) is 4.99. The van der Waals surface area contributed by atoms with E-state index in [1.165, 1.54) is 36.4 Å². The van der Waals surface area contributed by atoms with Crippen LogP contribution in [0.4, 0.5) is 58.4 Å². The summed E-state index contributed by atoms with van der Waals surface area (Å²) in [6, 6.07) is 23.7. The van der Waals surface area contributed by atoms with E-state index in [0.29, 0.717) is 55.4 Å². The lowest BCUT2D eigenvalue weighted by Crippen LogP contribution is -2.54. The van der Waals surface area contributed by atoms with Crippen molar-refractivity contribution in [3.8, 4) is 0 Å². The molecule has 380 valence electrons. The van der Waals surface area contributed by atoms with Crippen molar-refractivity contribution in [2.75, 3.05) is 118 Å². The summed E-state index contributed by atoms with van der Waals surface area (Å²) in [6.45, 7) is 11.9. The minimum atomic E-state index is -4.43. The zero-order valence-corrected chi connectivity index (χ0v) is 42.3. The van der Waals surface area contributed by atoms with Crippen molar-refractivity contribution in [1.29, 1.82) is 0 Å². The Bertz CT molecular complexity index is 3140. The largest absolute Gasteiger partial charge is 0.338 e. The van der Waals surface area contributed by atoms with E-state index in [4.69, 9.17) is 19.9 Å². The Balaban J connectivity index is 0.980. The number of hydrogen-bond donors (Lipinski definition) is 8. The van der Waals surface area contributed by atoms with Crippen LogP contribution in [-0.4, -0.2) is 158 Å². The van der Waals surface area contributed by atoms with Gasteiger partial charge >= 0.3 is 0 Å². The Labute approximate surface area is 419 Å². The quantitative estimate of drug-likeness (QED) is 0.0392. The standard InChI is InChI=1S/C48H60N16O6S2/c1-32-26-38(53-45-55-43(51-36-8-6-10-41(28-36)71(65,66)67)57-47(58-45)63-24-22-62(23-25-63)21-20-61(4)5)16-14-34(32)12-13-35-15-17-39(27-33(35)2)54-46-56-44(52-37-9-7-11-42(29-37)72(68,69)70)59-48(60-46)64-19-18-50-40(31-64)30-49-3/h6-17,26-29,40,49-50H,18-25,30-31H2,1-5H3,(H,65,66,67)(H,68,69,70)(H2,51,53,55,57,58)(H2,52,54,56,59,60)/b13-12+. The molecular weight excluding hydrogens is 961 g/mol. The molecule has 1 unspecified atom stereocenters. The second-order valence-electron chi connectivity index (χ2n) is 17.8. The van der Waals surface area contributed by atoms with Gasteiger partial charge in [-0.25, -0.2) is 0 Å². The number of likely N-dealkylation sites (N-methyl/N-ethyl adjacent to an activating group) is 2. The monoisotopic (exact) mass is 1020 g/mol. The Kier molecular flexibility index (Phi) is 16.2. The fraction of sp³-hybridized carbons (Fsp3) is 0.333. The van der Waals surface area contributed by atoms with Crippen LogP contribution in [0.1, 0.15) is 22.3 Å². The summed E-state index contributed by atoms with van der Waals surface area (Å²) in [6.07, 6.45) is 4.11. The van der Waals surface area contributed by atoms with Gasteiger partial charge in [0, 0.05) is 94.2 Å². The van der Waals surface area contributed by atoms with E-state index in [0.717, 1.165) is 72.9 Å². The number of hydrogen-bond acceptors (Lipinski definition) is 20. The highest BCUT2D eigenvalue weighted by molar-refractivity contribution is 7.86. The summed E-state index contributed by atoms with van der Waals surface area (Å²) >= 11 is 0. The van der Waals surface area contributed by atoms with Gasteiger partial charge in [0.2, 0.25) is 35.7 Å². The smallest absolute Gasteiger partial charge is 0.294 e. The molecule has 2 aliphatic heterocycles. The third-order valence-corrected chi connectivity index (χ3v) is 13.7. The minimum Gasteiger partial charge on any atom is -0.338 e. The molecular formula is C48H60N16O6S2. The summed E-state index contributed by atoms with van der Waals surface area (Å²) in [5.74, 6) is 1.88. The maximum Gasteiger partial charge on any atom is 0.294 e. The van der Waals surface area contributed by atoms with Crippen LogP contribution in [-0.2, 0) is 20.2 Å². The highest BCUT2D eigenvalue weighted by atomic mass is 32.2. The Morgan fingerprint density at radius 1 is 0.625 bits per heavy atom. The van der Waals surface area contributed by atoms with E-state index >= 15 is 0 Å². The maximum atomic E-state index is 11.9. The maximum absolute atomic E-state index is 11.9. The van der Waals surface area contributed by atoms with Crippen molar-refractivity contribution in [2.24, 2.45) is 0 Å². The van der Waals surface area contributed by atoms with Gasteiger partial charge in [-0.15, -0.1) is 0 Å². The van der Waals surface area contributed by atoms with Gasteiger partial charge in [0.25, 0.3) is 20.2 Å². The van der Waals surface area contributed by atoms with Crippen molar-refractivity contribution in [3.63, 3.8) is 0 Å². The van der Waals surface area contributed by atoms with Crippen LogP contribution in [0, 0.1) is 13.8 Å². The van der Waals surface area contributed by atoms with Gasteiger partial charge in [-0.3, -0.25) is 14.0 Å². The Morgan fingerprint density at radius 3 is 1.51 bits per heavy atom. The van der Waals surface area contributed by atoms with Crippen LogP contribution in [0.5, 0.6) is 0 Å². The molecule has 0 spiro atoms. The van der Waals surface area contributed by atoms with Gasteiger partial charge in [0.05, 0.1) is 9.79 Å². The number of piperazine rings is 2. The molecule has 72 heavy (non-hydrogen) atoms. The first-order valence-electron chi connectivity index (χ1n) is 23.3. The van der Waals surface area contributed by atoms with Crippen molar-refractivity contribution in [1.82, 2.24) is 50.3 Å². The summed E-state index contributed by atoms with van der Waals surface area (Å²) < 4.78 is 66.8. The molecule has 0 amide bonds. The van der Waals surface area contributed by atoms with Gasteiger partial charge in [-0.1, -0.05) is 36.4 Å². The second kappa shape index (κ2) is 22.7. The second-order valence-corrected chi connectivity index (χ2v) is 20.7. The molecule has 2 aromatic heterocycles. The predicted molar refractivity (Wildman–Crippen MR) is 282 cm³/mol. The molecule has 8 rings (SSSR count). The summed E-state index contributed by atoms with van der Waals surface area (Å²) in [4.78, 5) is 36.5. The average Bonchev–Trinajstić information content (AvgIpc) is 3.33. The van der Waals surface area contributed by atoms with Crippen LogP contribution < -0.4 is 41.7 Å². The van der Waals surface area contributed by atoms with Crippen LogP contribution in [0.15, 0.2) is 94.7 Å². The number of benzene rings is 4. The van der Waals surface area contributed by atoms with Gasteiger partial charge in [-0.05, 0) is 118 Å². The van der Waals surface area contributed by atoms with Crippen molar-refractivity contribution in [3.05, 3.63) is 107 Å². The van der Waals surface area contributed by atoms with Crippen molar-refractivity contribution >= 4 is 90.8 Å². The van der Waals surface area contributed by atoms with E-state index in [1.807, 2.05) is 57.3 Å². The van der Waals surface area contributed by atoms with Gasteiger partial charge in [-0.2, -0.15) is 46.7 Å². The van der Waals surface area contributed by atoms with Crippen molar-refractivity contribution in [2.45, 2.75) is 29.7 Å². The fourth-order valence-electron chi connectivity index (χ4n) is 8.18. The minimum absolute atomic E-state index is 0.168. The van der Waals surface area contributed by atoms with Crippen LogP contribution in [0.2, 0.25) is 0 Å². The lowest BCUT2D eigenvalue weighted by atomic mass is 10.0. The summed E-state index contributed by atoms with van der Waals surface area (Å²) in [5.41, 5.74) is 6.23. The Morgan fingerprint density at radius 2 is 1.08 bits per heavy atom. The average molecular weight is 1020 g/mol. The molecule has 1 atom stereocenters. The molecule has 2 fully saturated rings. The Hall–Kier alpha value is -6.90. The molecule has 2 aliphatic rings. The molecule has 22 nitrogen and oxygen atoms in total. The van der Waals surface area contributed by atoms with E-state index in [1.54, 1.807) is 12.1 Å². The van der Waals surface area contributed by atoms with E-state index in [-0.39, 0.29) is 33.7 Å². The van der Waals surface area contributed by atoms with Crippen LogP contribution in [0.25, 0.3) is 12.2 Å². The zero-order chi connectivity index (χ0) is 51.0. The van der Waals surface area contributed by atoms with E-state index < -0.39 is 20.2 Å². The highest BCUT2D eigenvalue weighted by Gasteiger charge is 2.24. The van der Waals surface area contributed by atoms with Crippen LogP contribution >= 0.6 is 0 Å². The lowest BCUT2D eigenvalue weighted by Gasteiger charge is -2.35. The molecule has 0 saturated carbocycles. The van der Waals surface area contributed by atoms with Gasteiger partial charge in [0.1, 0.15) is 0 Å². The van der Waals surface area contributed by atoms with E-state index in [2.05, 4.69) is 87.7 Å². The first-order valence-corrected chi connectivity index (χ1v) is 26.2. The third kappa shape index (κ3) is 13.9. The molecule has 0 bridgehead atoms. The number of aromatic nitrogens is 6. The zero-order valence-electron chi connectivity index (χ0n) is 40.7. The molecule has 0 radical (unpaired) electrons. The lowest BCUT2D eigenvalue weighted by molar-refractivity contribution is 0.229. The molecule has 0 aliphatic carbocycles. The molecule has 6 aromatic rings. The van der Waals surface area contributed by atoms with Crippen LogP contribution in [0.3, 0.4) is 0 Å². The number of rotatable bonds is 19.